The van der Waals surface area contributed by atoms with Gasteiger partial charge in [-0.25, -0.2) is 9.78 Å². The number of pyridine rings is 1. The number of esters is 1. The predicted molar refractivity (Wildman–Crippen MR) is 101 cm³/mol. The van der Waals surface area contributed by atoms with Gasteiger partial charge in [0.2, 0.25) is 0 Å². The van der Waals surface area contributed by atoms with E-state index in [9.17, 15) is 4.79 Å². The number of aromatic nitrogens is 1. The average molecular weight is 354 g/mol. The second-order valence-electron chi connectivity index (χ2n) is 6.52. The Kier molecular flexibility index (Phi) is 6.23. The molecule has 1 aromatic carbocycles. The molecule has 1 saturated heterocycles. The molecule has 0 bridgehead atoms. The quantitative estimate of drug-likeness (QED) is 0.784. The third-order valence-electron chi connectivity index (χ3n) is 4.72. The highest BCUT2D eigenvalue weighted by molar-refractivity contribution is 5.92. The number of anilines is 1. The first kappa shape index (κ1) is 18.4. The molecule has 2 unspecified atom stereocenters. The zero-order valence-electron chi connectivity index (χ0n) is 15.4. The van der Waals surface area contributed by atoms with Gasteiger partial charge >= 0.3 is 5.97 Å². The van der Waals surface area contributed by atoms with Crippen LogP contribution in [0.4, 0.5) is 5.82 Å². The summed E-state index contributed by atoms with van der Waals surface area (Å²) in [6.07, 6.45) is 5.12. The van der Waals surface area contributed by atoms with Crippen molar-refractivity contribution in [3.05, 3.63) is 59.3 Å². The van der Waals surface area contributed by atoms with E-state index in [4.69, 9.17) is 9.47 Å². The molecule has 5 heteroatoms. The minimum absolute atomic E-state index is 0.126. The number of hydrogen-bond donors (Lipinski definition) is 1. The van der Waals surface area contributed by atoms with Crippen molar-refractivity contribution in [2.75, 3.05) is 18.5 Å². The van der Waals surface area contributed by atoms with Crippen LogP contribution in [-0.4, -0.2) is 30.2 Å². The first-order chi connectivity index (χ1) is 12.7. The molecule has 0 spiro atoms. The van der Waals surface area contributed by atoms with Gasteiger partial charge in [-0.15, -0.1) is 0 Å². The summed E-state index contributed by atoms with van der Waals surface area (Å²) in [6.45, 7) is 4.72. The van der Waals surface area contributed by atoms with Crippen molar-refractivity contribution in [3.63, 3.8) is 0 Å². The SMILES string of the molecule is CCOC(=O)c1ccnc(NCC2CCCC(c3ccccc3)O2)c1C. The lowest BCUT2D eigenvalue weighted by Gasteiger charge is -2.30. The molecule has 2 aromatic rings. The Bertz CT molecular complexity index is 733. The van der Waals surface area contributed by atoms with Crippen molar-refractivity contribution in [2.45, 2.75) is 45.3 Å². The summed E-state index contributed by atoms with van der Waals surface area (Å²) >= 11 is 0. The highest BCUT2D eigenvalue weighted by atomic mass is 16.5. The van der Waals surface area contributed by atoms with Gasteiger partial charge in [0.25, 0.3) is 0 Å². The number of nitrogens with zero attached hydrogens (tertiary/aromatic N) is 1. The maximum atomic E-state index is 12.0. The number of ether oxygens (including phenoxy) is 2. The summed E-state index contributed by atoms with van der Waals surface area (Å²) in [5.41, 5.74) is 2.59. The van der Waals surface area contributed by atoms with Crippen molar-refractivity contribution in [1.82, 2.24) is 4.98 Å². The van der Waals surface area contributed by atoms with E-state index in [1.807, 2.05) is 13.0 Å². The van der Waals surface area contributed by atoms with E-state index in [-0.39, 0.29) is 18.2 Å². The Morgan fingerprint density at radius 3 is 2.85 bits per heavy atom. The number of rotatable bonds is 6. The summed E-state index contributed by atoms with van der Waals surface area (Å²) in [6, 6.07) is 12.1. The maximum Gasteiger partial charge on any atom is 0.338 e. The molecule has 1 fully saturated rings. The zero-order valence-corrected chi connectivity index (χ0v) is 15.4. The Morgan fingerprint density at radius 1 is 1.27 bits per heavy atom. The molecular weight excluding hydrogens is 328 g/mol. The number of nitrogens with one attached hydrogen (secondary N) is 1. The Hall–Kier alpha value is -2.40. The average Bonchev–Trinajstić information content (AvgIpc) is 2.68. The third-order valence-corrected chi connectivity index (χ3v) is 4.72. The van der Waals surface area contributed by atoms with Gasteiger partial charge in [0.05, 0.1) is 24.4 Å². The topological polar surface area (TPSA) is 60.5 Å². The van der Waals surface area contributed by atoms with Gasteiger partial charge in [0.1, 0.15) is 5.82 Å². The summed E-state index contributed by atoms with van der Waals surface area (Å²) in [5.74, 6) is 0.398. The minimum Gasteiger partial charge on any atom is -0.462 e. The van der Waals surface area contributed by atoms with Crippen molar-refractivity contribution in [2.24, 2.45) is 0 Å². The van der Waals surface area contributed by atoms with Crippen LogP contribution in [0.3, 0.4) is 0 Å². The van der Waals surface area contributed by atoms with E-state index in [2.05, 4.69) is 34.6 Å². The fraction of sp³-hybridized carbons (Fsp3) is 0.429. The second kappa shape index (κ2) is 8.81. The summed E-state index contributed by atoms with van der Waals surface area (Å²) in [5, 5.41) is 3.35. The lowest BCUT2D eigenvalue weighted by Crippen LogP contribution is -2.29. The second-order valence-corrected chi connectivity index (χ2v) is 6.52. The van der Waals surface area contributed by atoms with Crippen LogP contribution in [0.25, 0.3) is 0 Å². The molecule has 3 rings (SSSR count). The smallest absolute Gasteiger partial charge is 0.338 e. The molecule has 0 radical (unpaired) electrons. The maximum absolute atomic E-state index is 12.0. The van der Waals surface area contributed by atoms with Crippen LogP contribution in [-0.2, 0) is 9.47 Å². The van der Waals surface area contributed by atoms with Crippen LogP contribution >= 0.6 is 0 Å². The molecule has 1 N–H and O–H groups in total. The monoisotopic (exact) mass is 354 g/mol. The molecule has 0 aliphatic carbocycles. The molecule has 5 nitrogen and oxygen atoms in total. The van der Waals surface area contributed by atoms with Crippen molar-refractivity contribution in [3.8, 4) is 0 Å². The predicted octanol–water partition coefficient (Wildman–Crippen LogP) is 4.29. The van der Waals surface area contributed by atoms with Crippen molar-refractivity contribution >= 4 is 11.8 Å². The summed E-state index contributed by atoms with van der Waals surface area (Å²) in [7, 11) is 0. The molecule has 1 aliphatic rings. The molecule has 2 atom stereocenters. The highest BCUT2D eigenvalue weighted by Gasteiger charge is 2.24. The van der Waals surface area contributed by atoms with Crippen molar-refractivity contribution < 1.29 is 14.3 Å². The first-order valence-corrected chi connectivity index (χ1v) is 9.26. The minimum atomic E-state index is -0.312. The van der Waals surface area contributed by atoms with Gasteiger partial charge in [-0.3, -0.25) is 0 Å². The Morgan fingerprint density at radius 2 is 2.08 bits per heavy atom. The number of carbonyl (C=O) groups excluding carboxylic acids is 1. The zero-order chi connectivity index (χ0) is 18.4. The standard InChI is InChI=1S/C21H26N2O3/c1-3-25-21(24)18-12-13-22-20(15(18)2)23-14-17-10-7-11-19(26-17)16-8-5-4-6-9-16/h4-6,8-9,12-13,17,19H,3,7,10-11,14H2,1-2H3,(H,22,23). The molecule has 26 heavy (non-hydrogen) atoms. The summed E-state index contributed by atoms with van der Waals surface area (Å²) in [4.78, 5) is 16.4. The van der Waals surface area contributed by atoms with Crippen LogP contribution in [0.1, 0.15) is 53.8 Å². The molecule has 1 aliphatic heterocycles. The lowest BCUT2D eigenvalue weighted by molar-refractivity contribution is -0.0442. The van der Waals surface area contributed by atoms with Gasteiger partial charge < -0.3 is 14.8 Å². The van der Waals surface area contributed by atoms with E-state index in [0.717, 1.165) is 24.8 Å². The number of carbonyl (C=O) groups is 1. The van der Waals surface area contributed by atoms with Crippen LogP contribution in [0.5, 0.6) is 0 Å². The normalized spacial score (nSPS) is 19.8. The Labute approximate surface area is 154 Å². The fourth-order valence-electron chi connectivity index (χ4n) is 3.32. The van der Waals surface area contributed by atoms with E-state index < -0.39 is 0 Å². The number of benzene rings is 1. The van der Waals surface area contributed by atoms with Crippen molar-refractivity contribution in [1.29, 1.82) is 0 Å². The largest absolute Gasteiger partial charge is 0.462 e. The Balaban J connectivity index is 1.62. The van der Waals surface area contributed by atoms with Crippen LogP contribution < -0.4 is 5.32 Å². The third kappa shape index (κ3) is 4.41. The van der Waals surface area contributed by atoms with Crippen LogP contribution in [0.2, 0.25) is 0 Å². The van der Waals surface area contributed by atoms with E-state index in [1.165, 1.54) is 5.56 Å². The van der Waals surface area contributed by atoms with Crippen LogP contribution in [0.15, 0.2) is 42.6 Å². The number of hydrogen-bond acceptors (Lipinski definition) is 5. The molecule has 0 saturated carbocycles. The molecule has 1 aromatic heterocycles. The summed E-state index contributed by atoms with van der Waals surface area (Å²) < 4.78 is 11.4. The van der Waals surface area contributed by atoms with E-state index >= 15 is 0 Å². The molecule has 2 heterocycles. The molecule has 0 amide bonds. The first-order valence-electron chi connectivity index (χ1n) is 9.26. The van der Waals surface area contributed by atoms with Gasteiger partial charge in [-0.05, 0) is 44.7 Å². The van der Waals surface area contributed by atoms with Gasteiger partial charge in [0, 0.05) is 18.3 Å². The van der Waals surface area contributed by atoms with E-state index in [1.54, 1.807) is 19.2 Å². The highest BCUT2D eigenvalue weighted by Crippen LogP contribution is 2.31. The van der Waals surface area contributed by atoms with Gasteiger partial charge in [0.15, 0.2) is 0 Å². The molecule has 138 valence electrons. The van der Waals surface area contributed by atoms with Gasteiger partial charge in [-0.2, -0.15) is 0 Å². The van der Waals surface area contributed by atoms with E-state index in [0.29, 0.717) is 24.5 Å². The fourth-order valence-corrected chi connectivity index (χ4v) is 3.32. The molecular formula is C21H26N2O3. The lowest BCUT2D eigenvalue weighted by atomic mass is 9.98. The van der Waals surface area contributed by atoms with Gasteiger partial charge in [-0.1, -0.05) is 30.3 Å². The van der Waals surface area contributed by atoms with Crippen LogP contribution in [0, 0.1) is 6.92 Å².